The maximum Gasteiger partial charge on any atom is 0.433 e. The van der Waals surface area contributed by atoms with Crippen LogP contribution in [0.25, 0.3) is 10.9 Å². The molecule has 190 valence electrons. The highest BCUT2D eigenvalue weighted by Gasteiger charge is 2.33. The van der Waals surface area contributed by atoms with E-state index in [0.717, 1.165) is 58.0 Å². The molecule has 0 spiro atoms. The number of pyridine rings is 2. The number of hydrogen-bond donors (Lipinski definition) is 0. The summed E-state index contributed by atoms with van der Waals surface area (Å²) in [7, 11) is 0. The lowest BCUT2D eigenvalue weighted by Crippen LogP contribution is -2.31. The molecule has 0 bridgehead atoms. The summed E-state index contributed by atoms with van der Waals surface area (Å²) in [5, 5.41) is 5.35. The van der Waals surface area contributed by atoms with Crippen LogP contribution in [0.1, 0.15) is 44.9 Å². The first-order valence-corrected chi connectivity index (χ1v) is 11.8. The van der Waals surface area contributed by atoms with Crippen molar-refractivity contribution in [3.63, 3.8) is 0 Å². The normalized spacial score (nSPS) is 14.8. The van der Waals surface area contributed by atoms with Crippen molar-refractivity contribution >= 4 is 22.5 Å². The Balaban J connectivity index is 1.39. The number of hydrogen-bond acceptors (Lipinski definition) is 6. The van der Waals surface area contributed by atoms with Gasteiger partial charge in [0.1, 0.15) is 11.4 Å². The molecule has 8 nitrogen and oxygen atoms in total. The fraction of sp³-hybridized carbons (Fsp3) is 0.308. The second kappa shape index (κ2) is 8.84. The molecule has 6 rings (SSSR count). The van der Waals surface area contributed by atoms with Crippen LogP contribution in [0.15, 0.2) is 42.7 Å². The number of carbonyl (C=O) groups excluding carboxylic acids is 1. The highest BCUT2D eigenvalue weighted by molar-refractivity contribution is 6.06. The summed E-state index contributed by atoms with van der Waals surface area (Å²) in [5.74, 6) is -0.0676. The van der Waals surface area contributed by atoms with Crippen molar-refractivity contribution in [3.8, 4) is 5.88 Å². The Hall–Kier alpha value is -3.99. The van der Waals surface area contributed by atoms with Gasteiger partial charge in [0, 0.05) is 35.8 Å². The van der Waals surface area contributed by atoms with Gasteiger partial charge in [-0.1, -0.05) is 12.1 Å². The quantitative estimate of drug-likeness (QED) is 0.393. The average Bonchev–Trinajstić information content (AvgIpc) is 3.55. The van der Waals surface area contributed by atoms with Crippen LogP contribution >= 0.6 is 0 Å². The number of aryl methyl sites for hydroxylation is 2. The lowest BCUT2D eigenvalue weighted by molar-refractivity contribution is -0.141. The minimum Gasteiger partial charge on any atom is -0.476 e. The second-order valence-corrected chi connectivity index (χ2v) is 9.08. The summed E-state index contributed by atoms with van der Waals surface area (Å²) >= 11 is 0. The fourth-order valence-corrected chi connectivity index (χ4v) is 4.80. The molecule has 0 fully saturated rings. The van der Waals surface area contributed by atoms with Crippen molar-refractivity contribution in [1.82, 2.24) is 19.7 Å². The van der Waals surface area contributed by atoms with Crippen LogP contribution in [-0.2, 0) is 37.2 Å². The minimum atomic E-state index is -4.60. The number of rotatable bonds is 4. The third-order valence-electron chi connectivity index (χ3n) is 6.67. The summed E-state index contributed by atoms with van der Waals surface area (Å²) in [6.07, 6.45) is -1.32. The zero-order valence-electron chi connectivity index (χ0n) is 19.9. The van der Waals surface area contributed by atoms with Crippen LogP contribution in [0.3, 0.4) is 0 Å². The standard InChI is InChI=1S/C26H22F3N5O3/c1-15-19-13-36-14-20(19)18-5-3-16(9-21(18)32-15)12-33(22-11-31-34-7-2-8-37-25(22)34)24(35)17-4-6-23(30-10-17)26(27,28)29/h3-6,9-11H,2,7-8,12-14H2,1H3. The number of fused-ring (bicyclic) bond motifs is 4. The number of aromatic nitrogens is 4. The molecule has 11 heteroatoms. The molecule has 2 aliphatic heterocycles. The highest BCUT2D eigenvalue weighted by Crippen LogP contribution is 2.35. The molecule has 0 saturated heterocycles. The van der Waals surface area contributed by atoms with Crippen molar-refractivity contribution in [1.29, 1.82) is 0 Å². The minimum absolute atomic E-state index is 0.0217. The Morgan fingerprint density at radius 3 is 2.76 bits per heavy atom. The topological polar surface area (TPSA) is 82.4 Å². The van der Waals surface area contributed by atoms with Crippen LogP contribution in [0.5, 0.6) is 5.88 Å². The maximum atomic E-state index is 13.6. The molecule has 4 aromatic rings. The van der Waals surface area contributed by atoms with Crippen LogP contribution in [0, 0.1) is 6.92 Å². The van der Waals surface area contributed by atoms with Gasteiger partial charge in [0.25, 0.3) is 5.91 Å². The SMILES string of the molecule is Cc1nc2cc(CN(C(=O)c3ccc(C(F)(F)F)nc3)c3cnn4c3OCCC4)ccc2c2c1COC2. The van der Waals surface area contributed by atoms with Crippen molar-refractivity contribution in [2.75, 3.05) is 11.5 Å². The van der Waals surface area contributed by atoms with Gasteiger partial charge in [-0.2, -0.15) is 18.3 Å². The van der Waals surface area contributed by atoms with Gasteiger partial charge in [-0.05, 0) is 36.2 Å². The molecule has 0 atom stereocenters. The zero-order chi connectivity index (χ0) is 25.7. The average molecular weight is 509 g/mol. The first kappa shape index (κ1) is 23.4. The molecule has 1 amide bonds. The monoisotopic (exact) mass is 509 g/mol. The number of nitrogens with zero attached hydrogens (tertiary/aromatic N) is 5. The first-order valence-electron chi connectivity index (χ1n) is 11.8. The van der Waals surface area contributed by atoms with Gasteiger partial charge in [0.2, 0.25) is 5.88 Å². The molecule has 0 unspecified atom stereocenters. The molecule has 2 aliphatic rings. The third kappa shape index (κ3) is 4.18. The Bertz CT molecular complexity index is 1510. The van der Waals surface area contributed by atoms with Gasteiger partial charge in [0.05, 0.1) is 43.6 Å². The Morgan fingerprint density at radius 1 is 1.14 bits per heavy atom. The van der Waals surface area contributed by atoms with E-state index in [2.05, 4.69) is 10.1 Å². The van der Waals surface area contributed by atoms with Gasteiger partial charge in [-0.25, -0.2) is 4.68 Å². The summed E-state index contributed by atoms with van der Waals surface area (Å²) in [5.41, 5.74) is 4.12. The number of anilines is 1. The van der Waals surface area contributed by atoms with E-state index in [9.17, 15) is 18.0 Å². The zero-order valence-corrected chi connectivity index (χ0v) is 19.9. The van der Waals surface area contributed by atoms with Gasteiger partial charge in [-0.3, -0.25) is 19.7 Å². The van der Waals surface area contributed by atoms with Crippen LogP contribution in [0.2, 0.25) is 0 Å². The van der Waals surface area contributed by atoms with Gasteiger partial charge < -0.3 is 9.47 Å². The largest absolute Gasteiger partial charge is 0.476 e. The summed E-state index contributed by atoms with van der Waals surface area (Å²) in [4.78, 5) is 23.3. The van der Waals surface area contributed by atoms with E-state index in [1.807, 2.05) is 25.1 Å². The van der Waals surface area contributed by atoms with E-state index in [1.54, 1.807) is 10.9 Å². The smallest absolute Gasteiger partial charge is 0.433 e. The summed E-state index contributed by atoms with van der Waals surface area (Å²) in [6.45, 7) is 4.28. The van der Waals surface area contributed by atoms with Gasteiger partial charge in [-0.15, -0.1) is 0 Å². The number of amides is 1. The fourth-order valence-electron chi connectivity index (χ4n) is 4.80. The van der Waals surface area contributed by atoms with Crippen molar-refractivity contribution in [2.45, 2.75) is 45.8 Å². The van der Waals surface area contributed by atoms with Crippen LogP contribution in [-0.4, -0.2) is 32.3 Å². The van der Waals surface area contributed by atoms with E-state index in [4.69, 9.17) is 14.5 Å². The van der Waals surface area contributed by atoms with Crippen LogP contribution in [0.4, 0.5) is 18.9 Å². The number of benzene rings is 1. The van der Waals surface area contributed by atoms with Crippen LogP contribution < -0.4 is 9.64 Å². The maximum absolute atomic E-state index is 13.6. The molecule has 37 heavy (non-hydrogen) atoms. The molecule has 0 saturated carbocycles. The molecule has 0 aliphatic carbocycles. The van der Waals surface area contributed by atoms with E-state index >= 15 is 0 Å². The first-order chi connectivity index (χ1) is 17.8. The van der Waals surface area contributed by atoms with E-state index in [1.165, 1.54) is 4.90 Å². The Kier molecular flexibility index (Phi) is 5.59. The molecule has 5 heterocycles. The number of ether oxygens (including phenoxy) is 2. The van der Waals surface area contributed by atoms with Gasteiger partial charge >= 0.3 is 6.18 Å². The lowest BCUT2D eigenvalue weighted by atomic mass is 10.0. The number of alkyl halides is 3. The summed E-state index contributed by atoms with van der Waals surface area (Å²) in [6, 6.07) is 7.75. The van der Waals surface area contributed by atoms with Gasteiger partial charge in [0.15, 0.2) is 0 Å². The van der Waals surface area contributed by atoms with Crippen molar-refractivity contribution in [3.05, 3.63) is 76.4 Å². The Labute approximate surface area is 209 Å². The van der Waals surface area contributed by atoms with E-state index in [-0.39, 0.29) is 12.1 Å². The van der Waals surface area contributed by atoms with E-state index in [0.29, 0.717) is 37.9 Å². The number of carbonyl (C=O) groups is 1. The molecule has 1 aromatic carbocycles. The molecule has 0 N–H and O–H groups in total. The number of halogens is 3. The molecular formula is C26H22F3N5O3. The van der Waals surface area contributed by atoms with E-state index < -0.39 is 17.8 Å². The lowest BCUT2D eigenvalue weighted by Gasteiger charge is -2.25. The molecule has 3 aromatic heterocycles. The molecule has 0 radical (unpaired) electrons. The second-order valence-electron chi connectivity index (χ2n) is 9.08. The Morgan fingerprint density at radius 2 is 1.97 bits per heavy atom. The third-order valence-corrected chi connectivity index (χ3v) is 6.67. The van der Waals surface area contributed by atoms with Crippen molar-refractivity contribution < 1.29 is 27.4 Å². The summed E-state index contributed by atoms with van der Waals surface area (Å²) < 4.78 is 52.2. The molecular weight excluding hydrogens is 487 g/mol. The predicted molar refractivity (Wildman–Crippen MR) is 127 cm³/mol. The predicted octanol–water partition coefficient (Wildman–Crippen LogP) is 4.81. The van der Waals surface area contributed by atoms with Crippen molar-refractivity contribution in [2.24, 2.45) is 0 Å². The highest BCUT2D eigenvalue weighted by atomic mass is 19.4.